The molecule has 27 heavy (non-hydrogen) atoms. The molecule has 0 amide bonds. The number of rotatable bonds is 7. The van der Waals surface area contributed by atoms with Crippen molar-refractivity contribution < 1.29 is 21.5 Å². The molecule has 0 bridgehead atoms. The van der Waals surface area contributed by atoms with Crippen molar-refractivity contribution in [3.63, 3.8) is 0 Å². The van der Waals surface area contributed by atoms with Crippen LogP contribution in [-0.4, -0.2) is 22.6 Å². The Hall–Kier alpha value is -1.77. The van der Waals surface area contributed by atoms with E-state index in [1.54, 1.807) is 6.20 Å². The van der Waals surface area contributed by atoms with E-state index < -0.39 is 0 Å². The first-order valence-electron chi connectivity index (χ1n) is 8.45. The van der Waals surface area contributed by atoms with Crippen LogP contribution in [0.4, 0.5) is 16.5 Å². The largest absolute Gasteiger partial charge is 1.00 e. The highest BCUT2D eigenvalue weighted by Crippen LogP contribution is 2.31. The monoisotopic (exact) mass is 468 g/mol. The van der Waals surface area contributed by atoms with E-state index in [9.17, 15) is 0 Å². The minimum Gasteiger partial charge on any atom is -1.00 e. The van der Waals surface area contributed by atoms with E-state index >= 15 is 0 Å². The molecule has 2 aromatic heterocycles. The van der Waals surface area contributed by atoms with Crippen LogP contribution >= 0.6 is 22.9 Å². The van der Waals surface area contributed by atoms with Crippen molar-refractivity contribution in [1.82, 2.24) is 9.55 Å². The van der Waals surface area contributed by atoms with Gasteiger partial charge in [0.25, 0.3) is 0 Å². The number of benzene rings is 1. The molecule has 0 saturated heterocycles. The predicted molar refractivity (Wildman–Crippen MR) is 106 cm³/mol. The Morgan fingerprint density at radius 3 is 2.74 bits per heavy atom. The summed E-state index contributed by atoms with van der Waals surface area (Å²) in [6.07, 6.45) is 7.97. The maximum atomic E-state index is 6.42. The number of nitrogens with zero attached hydrogens (tertiary/aromatic N) is 6. The van der Waals surface area contributed by atoms with Crippen LogP contribution < -0.4 is 26.4 Å². The summed E-state index contributed by atoms with van der Waals surface area (Å²) in [5.74, 6) is 0. The van der Waals surface area contributed by atoms with Crippen LogP contribution in [0.25, 0.3) is 0 Å². The van der Waals surface area contributed by atoms with E-state index in [2.05, 4.69) is 44.1 Å². The predicted octanol–water partition coefficient (Wildman–Crippen LogP) is 1.68. The molecule has 0 N–H and O–H groups in total. The summed E-state index contributed by atoms with van der Waals surface area (Å²) in [5, 5.41) is 9.61. The summed E-state index contributed by atoms with van der Waals surface area (Å²) in [4.78, 5) is 7.57. The lowest BCUT2D eigenvalue weighted by atomic mass is 10.2. The van der Waals surface area contributed by atoms with E-state index in [1.807, 2.05) is 42.9 Å². The molecule has 0 aliphatic carbocycles. The Labute approximate surface area is 178 Å². The van der Waals surface area contributed by atoms with Crippen LogP contribution in [-0.2, 0) is 13.6 Å². The molecule has 9 heteroatoms. The molecule has 3 rings (SSSR count). The molecule has 1 aromatic carbocycles. The summed E-state index contributed by atoms with van der Waals surface area (Å²) in [7, 11) is 2.02. The van der Waals surface area contributed by atoms with Gasteiger partial charge in [-0.15, -0.1) is 10.2 Å². The van der Waals surface area contributed by atoms with Crippen molar-refractivity contribution >= 4 is 39.4 Å². The maximum absolute atomic E-state index is 6.42. The molecule has 144 valence electrons. The van der Waals surface area contributed by atoms with E-state index in [0.29, 0.717) is 15.8 Å². The Kier molecular flexibility index (Phi) is 7.94. The molecule has 0 radical (unpaired) electrons. The third kappa shape index (κ3) is 5.85. The highest BCUT2D eigenvalue weighted by molar-refractivity contribution is 7.15. The van der Waals surface area contributed by atoms with Gasteiger partial charge in [0.2, 0.25) is 11.5 Å². The van der Waals surface area contributed by atoms with Gasteiger partial charge in [-0.05, 0) is 32.0 Å². The molecular formula is C18H22BrClN6S. The second kappa shape index (κ2) is 9.96. The zero-order chi connectivity index (χ0) is 18.5. The Morgan fingerprint density at radius 1 is 1.33 bits per heavy atom. The molecule has 0 aliphatic rings. The highest BCUT2D eigenvalue weighted by atomic mass is 79.9. The smallest absolute Gasteiger partial charge is 0.243 e. The van der Waals surface area contributed by atoms with Crippen molar-refractivity contribution in [3.05, 3.63) is 53.0 Å². The number of azo groups is 1. The third-order valence-corrected chi connectivity index (χ3v) is 5.08. The molecule has 2 heterocycles. The third-order valence-electron chi connectivity index (χ3n) is 3.98. The van der Waals surface area contributed by atoms with Gasteiger partial charge in [0.15, 0.2) is 0 Å². The average molecular weight is 470 g/mol. The Morgan fingerprint density at radius 2 is 2.15 bits per heavy atom. The van der Waals surface area contributed by atoms with Gasteiger partial charge in [0, 0.05) is 23.3 Å². The molecule has 6 nitrogen and oxygen atoms in total. The summed E-state index contributed by atoms with van der Waals surface area (Å²) in [5.41, 5.74) is 1.73. The van der Waals surface area contributed by atoms with Crippen LogP contribution in [0.5, 0.6) is 0 Å². The molecule has 0 saturated carbocycles. The maximum Gasteiger partial charge on any atom is 0.243 e. The summed E-state index contributed by atoms with van der Waals surface area (Å²) < 4.78 is 4.21. The fraction of sp³-hybridized carbons (Fsp3) is 0.333. The van der Waals surface area contributed by atoms with Gasteiger partial charge >= 0.3 is 0 Å². The summed E-state index contributed by atoms with van der Waals surface area (Å²) >= 11 is 7.92. The number of likely N-dealkylation sites (N-methyl/N-ethyl adjacent to an activating group) is 1. The molecule has 0 aliphatic heterocycles. The standard InChI is InChI=1S/C18H22ClN6S.BrH/c1-4-25(10-9-24-8-7-23(3)13-24)15-5-6-17(16(19)11-15)21-22-18-20-12-14(2)26-18;/h5-8,11-13H,4,9-10H2,1-3H3;1H/q+1;/p-1. The second-order valence-corrected chi connectivity index (χ2v) is 7.61. The lowest BCUT2D eigenvalue weighted by Gasteiger charge is -2.22. The molecule has 0 spiro atoms. The van der Waals surface area contributed by atoms with Gasteiger partial charge in [-0.1, -0.05) is 22.9 Å². The first kappa shape index (κ1) is 21.5. The fourth-order valence-corrected chi connectivity index (χ4v) is 3.39. The van der Waals surface area contributed by atoms with Crippen molar-refractivity contribution in [2.45, 2.75) is 20.4 Å². The number of thiazole rings is 1. The van der Waals surface area contributed by atoms with Gasteiger partial charge in [-0.3, -0.25) is 0 Å². The molecule has 0 unspecified atom stereocenters. The minimum absolute atomic E-state index is 0. The quantitative estimate of drug-likeness (QED) is 0.390. The molecular weight excluding hydrogens is 448 g/mol. The van der Waals surface area contributed by atoms with Crippen LogP contribution in [0.15, 0.2) is 53.3 Å². The van der Waals surface area contributed by atoms with Gasteiger partial charge in [0.1, 0.15) is 24.6 Å². The number of imidazole rings is 1. The van der Waals surface area contributed by atoms with Crippen LogP contribution in [0, 0.1) is 6.92 Å². The average Bonchev–Trinajstić information content (AvgIpc) is 3.23. The van der Waals surface area contributed by atoms with Crippen molar-refractivity contribution in [1.29, 1.82) is 0 Å². The Balaban J connectivity index is 0.00000261. The normalized spacial score (nSPS) is 11.0. The number of aromatic nitrogens is 3. The fourth-order valence-electron chi connectivity index (χ4n) is 2.60. The first-order chi connectivity index (χ1) is 12.5. The van der Waals surface area contributed by atoms with E-state index in [-0.39, 0.29) is 17.0 Å². The van der Waals surface area contributed by atoms with Crippen LogP contribution in [0.1, 0.15) is 11.8 Å². The number of hydrogen-bond acceptors (Lipinski definition) is 5. The van der Waals surface area contributed by atoms with Crippen LogP contribution in [0.2, 0.25) is 5.02 Å². The summed E-state index contributed by atoms with van der Waals surface area (Å²) in [6, 6.07) is 5.88. The summed E-state index contributed by atoms with van der Waals surface area (Å²) in [6.45, 7) is 6.86. The number of halogens is 2. The zero-order valence-electron chi connectivity index (χ0n) is 15.5. The van der Waals surface area contributed by atoms with E-state index in [1.165, 1.54) is 11.3 Å². The van der Waals surface area contributed by atoms with Crippen LogP contribution in [0.3, 0.4) is 0 Å². The number of anilines is 1. The zero-order valence-corrected chi connectivity index (χ0v) is 18.7. The minimum atomic E-state index is 0. The number of hydrogen-bond donors (Lipinski definition) is 0. The molecule has 0 atom stereocenters. The highest BCUT2D eigenvalue weighted by Gasteiger charge is 2.10. The lowest BCUT2D eigenvalue weighted by molar-refractivity contribution is -0.671. The van der Waals surface area contributed by atoms with Crippen molar-refractivity contribution in [3.8, 4) is 0 Å². The topological polar surface area (TPSA) is 49.7 Å². The van der Waals surface area contributed by atoms with E-state index in [0.717, 1.165) is 30.2 Å². The van der Waals surface area contributed by atoms with Crippen molar-refractivity contribution in [2.24, 2.45) is 17.3 Å². The second-order valence-electron chi connectivity index (χ2n) is 5.99. The number of aryl methyl sites for hydroxylation is 2. The van der Waals surface area contributed by atoms with Gasteiger partial charge in [-0.25, -0.2) is 14.1 Å². The Bertz CT molecular complexity index is 907. The SMILES string of the molecule is CCN(CCn1cc[n+](C)c1)c1ccc(N=Nc2ncc(C)s2)c(Cl)c1.[Br-]. The first-order valence-corrected chi connectivity index (χ1v) is 9.64. The molecule has 0 fully saturated rings. The van der Waals surface area contributed by atoms with Gasteiger partial charge in [0.05, 0.1) is 18.6 Å². The molecule has 3 aromatic rings. The van der Waals surface area contributed by atoms with Crippen molar-refractivity contribution in [2.75, 3.05) is 18.0 Å². The van der Waals surface area contributed by atoms with E-state index in [4.69, 9.17) is 11.6 Å². The van der Waals surface area contributed by atoms with Gasteiger partial charge < -0.3 is 21.9 Å². The lowest BCUT2D eigenvalue weighted by Crippen LogP contribution is -3.00. The van der Waals surface area contributed by atoms with Gasteiger partial charge in [-0.2, -0.15) is 0 Å².